The second-order valence-corrected chi connectivity index (χ2v) is 6.38. The van der Waals surface area contributed by atoms with Crippen molar-refractivity contribution < 1.29 is 13.0 Å². The van der Waals surface area contributed by atoms with Gasteiger partial charge in [0.25, 0.3) is 10.1 Å². The van der Waals surface area contributed by atoms with Crippen LogP contribution in [0.3, 0.4) is 0 Å². The molecule has 0 radical (unpaired) electrons. The molecule has 2 atom stereocenters. The molecule has 0 aromatic rings. The Labute approximate surface area is 104 Å². The summed E-state index contributed by atoms with van der Waals surface area (Å²) in [6.45, 7) is 4.05. The highest BCUT2D eigenvalue weighted by Crippen LogP contribution is 2.39. The summed E-state index contributed by atoms with van der Waals surface area (Å²) in [6.07, 6.45) is 11.1. The second kappa shape index (κ2) is 5.83. The molecule has 1 N–H and O–H groups in total. The highest BCUT2D eigenvalue weighted by molar-refractivity contribution is 7.87. The van der Waals surface area contributed by atoms with Crippen LogP contribution in [-0.2, 0) is 10.1 Å². The van der Waals surface area contributed by atoms with E-state index in [0.717, 1.165) is 25.7 Å². The first-order chi connectivity index (χ1) is 7.98. The van der Waals surface area contributed by atoms with Crippen LogP contribution < -0.4 is 0 Å². The summed E-state index contributed by atoms with van der Waals surface area (Å²) in [5.74, 6) is -0.112. The van der Waals surface area contributed by atoms with E-state index in [2.05, 4.69) is 0 Å². The maximum Gasteiger partial charge on any atom is 0.274 e. The van der Waals surface area contributed by atoms with E-state index >= 15 is 0 Å². The Morgan fingerprint density at radius 1 is 1.24 bits per heavy atom. The Morgan fingerprint density at radius 3 is 2.47 bits per heavy atom. The number of rotatable bonds is 6. The zero-order valence-electron chi connectivity index (χ0n) is 10.6. The molecule has 0 fully saturated rings. The lowest BCUT2D eigenvalue weighted by Crippen LogP contribution is -2.44. The molecule has 0 aliphatic heterocycles. The zero-order chi connectivity index (χ0) is 12.9. The van der Waals surface area contributed by atoms with E-state index < -0.39 is 14.9 Å². The Hall–Kier alpha value is -0.610. The van der Waals surface area contributed by atoms with E-state index in [1.54, 1.807) is 12.2 Å². The van der Waals surface area contributed by atoms with Gasteiger partial charge in [0.15, 0.2) is 0 Å². The average Bonchev–Trinajstić information content (AvgIpc) is 2.27. The number of hydrogen-bond donors (Lipinski definition) is 1. The molecule has 0 bridgehead atoms. The summed E-state index contributed by atoms with van der Waals surface area (Å²) in [4.78, 5) is 0. The van der Waals surface area contributed by atoms with Crippen molar-refractivity contribution in [3.05, 3.63) is 24.3 Å². The van der Waals surface area contributed by atoms with Crippen LogP contribution in [0.15, 0.2) is 24.3 Å². The highest BCUT2D eigenvalue weighted by atomic mass is 32.2. The van der Waals surface area contributed by atoms with Gasteiger partial charge in [0.1, 0.15) is 4.75 Å². The molecular formula is C13H22O3S. The molecule has 2 unspecified atom stereocenters. The zero-order valence-corrected chi connectivity index (χ0v) is 11.4. The third-order valence-electron chi connectivity index (χ3n) is 3.46. The van der Waals surface area contributed by atoms with Crippen LogP contribution in [0.2, 0.25) is 0 Å². The molecule has 1 rings (SSSR count). The number of hydrogen-bond acceptors (Lipinski definition) is 2. The first-order valence-corrected chi connectivity index (χ1v) is 7.75. The molecule has 0 heterocycles. The van der Waals surface area contributed by atoms with Gasteiger partial charge in [-0.15, -0.1) is 0 Å². The quantitative estimate of drug-likeness (QED) is 0.743. The maximum absolute atomic E-state index is 11.8. The normalized spacial score (nSPS) is 28.5. The van der Waals surface area contributed by atoms with Crippen molar-refractivity contribution in [2.24, 2.45) is 5.92 Å². The second-order valence-electron chi connectivity index (χ2n) is 4.67. The van der Waals surface area contributed by atoms with Crippen molar-refractivity contribution in [1.82, 2.24) is 0 Å². The van der Waals surface area contributed by atoms with E-state index in [1.165, 1.54) is 0 Å². The van der Waals surface area contributed by atoms with Gasteiger partial charge in [-0.25, -0.2) is 0 Å². The lowest BCUT2D eigenvalue weighted by atomic mass is 9.81. The number of allylic oxidation sites excluding steroid dienone is 3. The summed E-state index contributed by atoms with van der Waals surface area (Å²) < 4.78 is 32.0. The Kier molecular flexibility index (Phi) is 4.95. The SMILES string of the molecule is CCCCC1(S(=O)(=O)O)C=CC=CC1CCC. The predicted molar refractivity (Wildman–Crippen MR) is 70.5 cm³/mol. The van der Waals surface area contributed by atoms with Gasteiger partial charge in [0, 0.05) is 5.92 Å². The third kappa shape index (κ3) is 2.99. The van der Waals surface area contributed by atoms with Crippen LogP contribution in [0.5, 0.6) is 0 Å². The molecule has 0 aromatic carbocycles. The Balaban J connectivity index is 3.10. The van der Waals surface area contributed by atoms with Gasteiger partial charge >= 0.3 is 0 Å². The average molecular weight is 258 g/mol. The standard InChI is InChI=1S/C13H22O3S/c1-3-5-10-13(17(14,15)16)11-7-6-9-12(13)8-4-2/h6-7,9,11-12H,3-5,8,10H2,1-2H3,(H,14,15,16). The fourth-order valence-corrected chi connectivity index (χ4v) is 3.71. The van der Waals surface area contributed by atoms with Crippen molar-refractivity contribution in [2.75, 3.05) is 0 Å². The molecule has 0 amide bonds. The van der Waals surface area contributed by atoms with Crippen LogP contribution in [0.1, 0.15) is 46.0 Å². The Bertz CT molecular complexity index is 395. The summed E-state index contributed by atoms with van der Waals surface area (Å²) in [7, 11) is -4.07. The van der Waals surface area contributed by atoms with Crippen molar-refractivity contribution in [2.45, 2.75) is 50.7 Å². The molecule has 4 heteroatoms. The van der Waals surface area contributed by atoms with E-state index in [1.807, 2.05) is 26.0 Å². The van der Waals surface area contributed by atoms with Crippen LogP contribution >= 0.6 is 0 Å². The van der Waals surface area contributed by atoms with Crippen LogP contribution in [0, 0.1) is 5.92 Å². The molecule has 0 spiro atoms. The number of unbranched alkanes of at least 4 members (excludes halogenated alkanes) is 1. The summed E-state index contributed by atoms with van der Waals surface area (Å²) in [6, 6.07) is 0. The van der Waals surface area contributed by atoms with Crippen LogP contribution in [0.25, 0.3) is 0 Å². The summed E-state index contributed by atoms with van der Waals surface area (Å²) in [5, 5.41) is 0. The highest BCUT2D eigenvalue weighted by Gasteiger charge is 2.46. The molecule has 0 aromatic heterocycles. The maximum atomic E-state index is 11.8. The molecule has 0 saturated carbocycles. The van der Waals surface area contributed by atoms with Crippen LogP contribution in [0.4, 0.5) is 0 Å². The minimum Gasteiger partial charge on any atom is -0.285 e. The van der Waals surface area contributed by atoms with Gasteiger partial charge in [0.05, 0.1) is 0 Å². The third-order valence-corrected chi connectivity index (χ3v) is 5.06. The van der Waals surface area contributed by atoms with Crippen molar-refractivity contribution >= 4 is 10.1 Å². The van der Waals surface area contributed by atoms with Gasteiger partial charge in [-0.3, -0.25) is 4.55 Å². The first-order valence-electron chi connectivity index (χ1n) is 6.31. The fourth-order valence-electron chi connectivity index (χ4n) is 2.48. The Morgan fingerprint density at radius 2 is 1.94 bits per heavy atom. The lowest BCUT2D eigenvalue weighted by molar-refractivity contribution is 0.367. The van der Waals surface area contributed by atoms with Crippen molar-refractivity contribution in [1.29, 1.82) is 0 Å². The minimum absolute atomic E-state index is 0.112. The summed E-state index contributed by atoms with van der Waals surface area (Å²) >= 11 is 0. The van der Waals surface area contributed by atoms with E-state index in [0.29, 0.717) is 6.42 Å². The predicted octanol–water partition coefficient (Wildman–Crippen LogP) is 3.35. The molecule has 0 saturated heterocycles. The van der Waals surface area contributed by atoms with E-state index in [-0.39, 0.29) is 5.92 Å². The van der Waals surface area contributed by atoms with Gasteiger partial charge in [0.2, 0.25) is 0 Å². The van der Waals surface area contributed by atoms with E-state index in [4.69, 9.17) is 0 Å². The summed E-state index contributed by atoms with van der Waals surface area (Å²) in [5.41, 5.74) is 0. The first kappa shape index (κ1) is 14.5. The topological polar surface area (TPSA) is 54.4 Å². The van der Waals surface area contributed by atoms with Gasteiger partial charge in [-0.1, -0.05) is 57.4 Å². The smallest absolute Gasteiger partial charge is 0.274 e. The molecule has 3 nitrogen and oxygen atoms in total. The molecular weight excluding hydrogens is 236 g/mol. The lowest BCUT2D eigenvalue weighted by Gasteiger charge is -2.35. The fraction of sp³-hybridized carbons (Fsp3) is 0.692. The largest absolute Gasteiger partial charge is 0.285 e. The van der Waals surface area contributed by atoms with Crippen molar-refractivity contribution in [3.8, 4) is 0 Å². The van der Waals surface area contributed by atoms with Gasteiger partial charge in [-0.05, 0) is 12.8 Å². The van der Waals surface area contributed by atoms with Gasteiger partial charge < -0.3 is 0 Å². The molecule has 1 aliphatic rings. The van der Waals surface area contributed by atoms with Gasteiger partial charge in [-0.2, -0.15) is 8.42 Å². The molecule has 17 heavy (non-hydrogen) atoms. The molecule has 98 valence electrons. The minimum atomic E-state index is -4.07. The van der Waals surface area contributed by atoms with E-state index in [9.17, 15) is 13.0 Å². The molecule has 1 aliphatic carbocycles. The van der Waals surface area contributed by atoms with Crippen molar-refractivity contribution in [3.63, 3.8) is 0 Å². The monoisotopic (exact) mass is 258 g/mol. The van der Waals surface area contributed by atoms with Crippen LogP contribution in [-0.4, -0.2) is 17.7 Å².